The molecule has 0 fully saturated rings. The summed E-state index contributed by atoms with van der Waals surface area (Å²) in [6.07, 6.45) is 3.53. The molecule has 0 amide bonds. The van der Waals surface area contributed by atoms with Gasteiger partial charge in [0.15, 0.2) is 5.82 Å². The summed E-state index contributed by atoms with van der Waals surface area (Å²) in [6, 6.07) is 5.36. The molecule has 0 saturated carbocycles. The smallest absolute Gasteiger partial charge is 0.184 e. The van der Waals surface area contributed by atoms with E-state index in [4.69, 9.17) is 46.4 Å². The Morgan fingerprint density at radius 1 is 1.00 bits per heavy atom. The van der Waals surface area contributed by atoms with Gasteiger partial charge in [-0.2, -0.15) is 5.10 Å². The zero-order valence-corrected chi connectivity index (χ0v) is 14.9. The van der Waals surface area contributed by atoms with Crippen LogP contribution in [0, 0.1) is 0 Å². The highest BCUT2D eigenvalue weighted by atomic mass is 35.5. The lowest BCUT2D eigenvalue weighted by atomic mass is 10.1. The van der Waals surface area contributed by atoms with Gasteiger partial charge in [-0.15, -0.1) is 0 Å². The third kappa shape index (κ3) is 3.45. The number of pyridine rings is 1. The van der Waals surface area contributed by atoms with E-state index in [-0.39, 0.29) is 0 Å². The van der Waals surface area contributed by atoms with Crippen LogP contribution < -0.4 is 0 Å². The number of hydrogen-bond acceptors (Lipinski definition) is 3. The summed E-state index contributed by atoms with van der Waals surface area (Å²) in [5.74, 6) is 1.18. The molecular formula is C15H10Cl4N4. The number of rotatable bonds is 3. The molecule has 3 aromatic rings. The maximum absolute atomic E-state index is 6.21. The third-order valence-corrected chi connectivity index (χ3v) is 4.45. The molecule has 0 aliphatic carbocycles. The van der Waals surface area contributed by atoms with Gasteiger partial charge in [-0.3, -0.25) is 9.67 Å². The maximum Gasteiger partial charge on any atom is 0.184 e. The van der Waals surface area contributed by atoms with Gasteiger partial charge >= 0.3 is 0 Å². The normalized spacial score (nSPS) is 11.0. The molecule has 0 aliphatic rings. The molecule has 0 unspecified atom stereocenters. The van der Waals surface area contributed by atoms with Crippen molar-refractivity contribution in [3.05, 3.63) is 62.1 Å². The molecule has 118 valence electrons. The fraction of sp³-hybridized carbons (Fsp3) is 0.133. The first-order chi connectivity index (χ1) is 11.0. The number of benzene rings is 1. The highest BCUT2D eigenvalue weighted by Crippen LogP contribution is 2.32. The van der Waals surface area contributed by atoms with Crippen LogP contribution in [0.4, 0.5) is 0 Å². The topological polar surface area (TPSA) is 43.6 Å². The van der Waals surface area contributed by atoms with Crippen molar-refractivity contribution in [1.82, 2.24) is 19.7 Å². The van der Waals surface area contributed by atoms with Crippen molar-refractivity contribution in [2.75, 3.05) is 0 Å². The van der Waals surface area contributed by atoms with E-state index in [0.29, 0.717) is 37.9 Å². The van der Waals surface area contributed by atoms with E-state index in [0.717, 1.165) is 11.4 Å². The molecule has 23 heavy (non-hydrogen) atoms. The number of halogens is 4. The third-order valence-electron chi connectivity index (χ3n) is 3.29. The zero-order valence-electron chi connectivity index (χ0n) is 11.9. The van der Waals surface area contributed by atoms with Crippen LogP contribution in [-0.4, -0.2) is 19.7 Å². The van der Waals surface area contributed by atoms with Gasteiger partial charge < -0.3 is 0 Å². The van der Waals surface area contributed by atoms with Crippen LogP contribution in [0.3, 0.4) is 0 Å². The predicted octanol–water partition coefficient (Wildman–Crippen LogP) is 5.08. The van der Waals surface area contributed by atoms with Gasteiger partial charge in [0, 0.05) is 35.9 Å². The van der Waals surface area contributed by atoms with Crippen LogP contribution in [-0.2, 0) is 13.5 Å². The molecule has 1 aromatic carbocycles. The number of aromatic nitrogens is 4. The molecule has 0 atom stereocenters. The van der Waals surface area contributed by atoms with Crippen molar-refractivity contribution >= 4 is 46.4 Å². The quantitative estimate of drug-likeness (QED) is 0.629. The predicted molar refractivity (Wildman–Crippen MR) is 93.5 cm³/mol. The van der Waals surface area contributed by atoms with E-state index in [1.807, 2.05) is 6.07 Å². The highest BCUT2D eigenvalue weighted by Gasteiger charge is 2.16. The van der Waals surface area contributed by atoms with Crippen LogP contribution in [0.25, 0.3) is 11.4 Å². The molecular weight excluding hydrogens is 378 g/mol. The summed E-state index contributed by atoms with van der Waals surface area (Å²) in [5, 5.41) is 6.37. The summed E-state index contributed by atoms with van der Waals surface area (Å²) in [7, 11) is 1.80. The molecule has 0 bridgehead atoms. The monoisotopic (exact) mass is 386 g/mol. The summed E-state index contributed by atoms with van der Waals surface area (Å²) < 4.78 is 1.67. The Morgan fingerprint density at radius 3 is 2.35 bits per heavy atom. The first kappa shape index (κ1) is 16.5. The Balaban J connectivity index is 1.98. The Labute approximate surface area is 153 Å². The molecule has 0 radical (unpaired) electrons. The van der Waals surface area contributed by atoms with Crippen LogP contribution in [0.15, 0.2) is 30.6 Å². The number of hydrogen-bond donors (Lipinski definition) is 0. The second-order valence-corrected chi connectivity index (χ2v) is 6.52. The molecule has 0 saturated heterocycles. The van der Waals surface area contributed by atoms with Gasteiger partial charge in [0.25, 0.3) is 0 Å². The Hall–Kier alpha value is -1.33. The Kier molecular flexibility index (Phi) is 4.78. The van der Waals surface area contributed by atoms with Gasteiger partial charge in [-0.05, 0) is 17.7 Å². The molecule has 0 aliphatic heterocycles. The van der Waals surface area contributed by atoms with E-state index < -0.39 is 0 Å². The van der Waals surface area contributed by atoms with E-state index >= 15 is 0 Å². The molecule has 2 heterocycles. The van der Waals surface area contributed by atoms with Gasteiger partial charge in [0.05, 0.1) is 15.6 Å². The average Bonchev–Trinajstić information content (AvgIpc) is 2.82. The van der Waals surface area contributed by atoms with Gasteiger partial charge in [0.2, 0.25) is 0 Å². The summed E-state index contributed by atoms with van der Waals surface area (Å²) in [5.41, 5.74) is 1.47. The second-order valence-electron chi connectivity index (χ2n) is 4.87. The van der Waals surface area contributed by atoms with E-state index in [2.05, 4.69) is 15.1 Å². The summed E-state index contributed by atoms with van der Waals surface area (Å²) in [4.78, 5) is 8.45. The van der Waals surface area contributed by atoms with Crippen molar-refractivity contribution in [3.8, 4) is 11.4 Å². The first-order valence-electron chi connectivity index (χ1n) is 6.59. The van der Waals surface area contributed by atoms with Crippen molar-refractivity contribution in [2.45, 2.75) is 6.42 Å². The lowest BCUT2D eigenvalue weighted by Crippen LogP contribution is -2.00. The maximum atomic E-state index is 6.21. The Morgan fingerprint density at radius 2 is 1.70 bits per heavy atom. The lowest BCUT2D eigenvalue weighted by molar-refractivity contribution is 0.717. The second kappa shape index (κ2) is 6.65. The van der Waals surface area contributed by atoms with Gasteiger partial charge in [-0.25, -0.2) is 4.98 Å². The van der Waals surface area contributed by atoms with Crippen LogP contribution in [0.5, 0.6) is 0 Å². The first-order valence-corrected chi connectivity index (χ1v) is 8.10. The molecule has 0 N–H and O–H groups in total. The number of aryl methyl sites for hydroxylation is 1. The van der Waals surface area contributed by atoms with Crippen molar-refractivity contribution < 1.29 is 0 Å². The van der Waals surface area contributed by atoms with Gasteiger partial charge in [-0.1, -0.05) is 52.5 Å². The van der Waals surface area contributed by atoms with Gasteiger partial charge in [0.1, 0.15) is 5.82 Å². The average molecular weight is 388 g/mol. The molecule has 2 aromatic heterocycles. The van der Waals surface area contributed by atoms with E-state index in [9.17, 15) is 0 Å². The molecule has 0 spiro atoms. The fourth-order valence-corrected chi connectivity index (χ4v) is 3.15. The van der Waals surface area contributed by atoms with Crippen molar-refractivity contribution in [1.29, 1.82) is 0 Å². The largest absolute Gasteiger partial charge is 0.262 e. The SMILES string of the molecule is Cn1nc(-c2c(Cl)cncc2Cl)nc1Cc1ccc(Cl)cc1Cl. The summed E-state index contributed by atoms with van der Waals surface area (Å²) >= 11 is 24.4. The number of nitrogens with zero attached hydrogens (tertiary/aromatic N) is 4. The highest BCUT2D eigenvalue weighted by molar-refractivity contribution is 6.38. The van der Waals surface area contributed by atoms with Crippen LogP contribution in [0.1, 0.15) is 11.4 Å². The summed E-state index contributed by atoms with van der Waals surface area (Å²) in [6.45, 7) is 0. The van der Waals surface area contributed by atoms with Crippen molar-refractivity contribution in [2.24, 2.45) is 7.05 Å². The molecule has 8 heteroatoms. The van der Waals surface area contributed by atoms with Crippen LogP contribution in [0.2, 0.25) is 20.1 Å². The van der Waals surface area contributed by atoms with Crippen molar-refractivity contribution in [3.63, 3.8) is 0 Å². The fourth-order valence-electron chi connectivity index (χ4n) is 2.14. The van der Waals surface area contributed by atoms with E-state index in [1.165, 1.54) is 12.4 Å². The lowest BCUT2D eigenvalue weighted by Gasteiger charge is -2.03. The zero-order chi connectivity index (χ0) is 16.6. The standard InChI is InChI=1S/C15H10Cl4N4/c1-23-13(4-8-2-3-9(16)5-10(8)17)21-15(22-23)14-11(18)6-20-7-12(14)19/h2-3,5-7H,4H2,1H3. The molecule has 4 nitrogen and oxygen atoms in total. The Bertz CT molecular complexity index is 856. The molecule has 3 rings (SSSR count). The minimum atomic E-state index is 0.402. The van der Waals surface area contributed by atoms with E-state index in [1.54, 1.807) is 23.9 Å². The minimum Gasteiger partial charge on any atom is -0.262 e. The minimum absolute atomic E-state index is 0.402. The van der Waals surface area contributed by atoms with Crippen LogP contribution >= 0.6 is 46.4 Å².